The predicted octanol–water partition coefficient (Wildman–Crippen LogP) is 13.7. The molecule has 8 aromatic carbocycles. The first-order valence-corrected chi connectivity index (χ1v) is 18.3. The molecule has 3 aromatic heterocycles. The van der Waals surface area contributed by atoms with Gasteiger partial charge in [-0.15, -0.1) is 0 Å². The van der Waals surface area contributed by atoms with Crippen molar-refractivity contribution in [3.05, 3.63) is 199 Å². The molecule has 0 unspecified atom stereocenters. The van der Waals surface area contributed by atoms with Crippen LogP contribution in [0.1, 0.15) is 0 Å². The highest BCUT2D eigenvalue weighted by molar-refractivity contribution is 6.17. The number of rotatable bonds is 4. The molecular formula is C50H29N5. The summed E-state index contributed by atoms with van der Waals surface area (Å²) in [6.45, 7) is 16.1. The summed E-state index contributed by atoms with van der Waals surface area (Å²) in [7, 11) is 0. The largest absolute Gasteiger partial charge is 0.318 e. The Kier molecular flexibility index (Phi) is 6.61. The van der Waals surface area contributed by atoms with Crippen LogP contribution in [0.4, 0.5) is 11.4 Å². The molecule has 0 aliphatic carbocycles. The maximum atomic E-state index is 8.09. The van der Waals surface area contributed by atoms with Crippen LogP contribution in [0.3, 0.4) is 0 Å². The number of hydrogen-bond acceptors (Lipinski definition) is 0. The number of hydrogen-bond donors (Lipinski definition) is 0. The monoisotopic (exact) mass is 699 g/mol. The summed E-state index contributed by atoms with van der Waals surface area (Å²) in [6.07, 6.45) is 0. The number of aromatic nitrogens is 3. The van der Waals surface area contributed by atoms with E-state index in [0.29, 0.717) is 11.4 Å². The molecule has 0 amide bonds. The minimum absolute atomic E-state index is 0.558. The van der Waals surface area contributed by atoms with Gasteiger partial charge >= 0.3 is 0 Å². The van der Waals surface area contributed by atoms with Gasteiger partial charge in [-0.05, 0) is 77.2 Å². The van der Waals surface area contributed by atoms with Crippen molar-refractivity contribution in [2.45, 2.75) is 0 Å². The minimum atomic E-state index is 0.558. The van der Waals surface area contributed by atoms with Crippen molar-refractivity contribution in [1.82, 2.24) is 13.7 Å². The van der Waals surface area contributed by atoms with E-state index in [-0.39, 0.29) is 0 Å². The van der Waals surface area contributed by atoms with E-state index in [0.717, 1.165) is 61.0 Å². The minimum Gasteiger partial charge on any atom is -0.318 e. The average molecular weight is 700 g/mol. The molecule has 254 valence electrons. The highest BCUT2D eigenvalue weighted by Gasteiger charge is 2.21. The van der Waals surface area contributed by atoms with Gasteiger partial charge in [-0.25, -0.2) is 9.69 Å². The summed E-state index contributed by atoms with van der Waals surface area (Å²) in [5.41, 5.74) is 12.6. The van der Waals surface area contributed by atoms with Crippen molar-refractivity contribution in [1.29, 1.82) is 0 Å². The van der Waals surface area contributed by atoms with Gasteiger partial charge in [-0.3, -0.25) is 0 Å². The number of nitrogens with zero attached hydrogens (tertiary/aromatic N) is 5. The second kappa shape index (κ2) is 11.8. The van der Waals surface area contributed by atoms with Crippen LogP contribution in [0.2, 0.25) is 0 Å². The first kappa shape index (κ1) is 30.7. The first-order chi connectivity index (χ1) is 27.2. The Morgan fingerprint density at radius 2 is 0.945 bits per heavy atom. The Labute approximate surface area is 316 Å². The highest BCUT2D eigenvalue weighted by atomic mass is 15.0. The van der Waals surface area contributed by atoms with Crippen LogP contribution in [-0.2, 0) is 0 Å². The SMILES string of the molecule is [C-]#[N+]c1ccc(-n2c3ccccc3c3cccc([N+]#[C-])c32)c(-c2cccc(-n3c4ccccc4c4c(-n5c6ccccc6c6ccccc65)cccc43)c2)c1. The van der Waals surface area contributed by atoms with E-state index in [2.05, 4.69) is 157 Å². The quantitative estimate of drug-likeness (QED) is 0.163. The fourth-order valence-electron chi connectivity index (χ4n) is 8.82. The summed E-state index contributed by atoms with van der Waals surface area (Å²) in [6, 6.07) is 61.3. The zero-order chi connectivity index (χ0) is 36.6. The van der Waals surface area contributed by atoms with Crippen molar-refractivity contribution in [2.75, 3.05) is 0 Å². The third-order valence-electron chi connectivity index (χ3n) is 11.1. The van der Waals surface area contributed by atoms with Crippen molar-refractivity contribution in [2.24, 2.45) is 0 Å². The van der Waals surface area contributed by atoms with Crippen molar-refractivity contribution >= 4 is 76.8 Å². The molecule has 0 saturated heterocycles. The summed E-state index contributed by atoms with van der Waals surface area (Å²) in [5, 5.41) is 6.94. The third-order valence-corrected chi connectivity index (χ3v) is 11.1. The molecule has 11 aromatic rings. The van der Waals surface area contributed by atoms with Crippen LogP contribution in [-0.4, -0.2) is 13.7 Å². The summed E-state index contributed by atoms with van der Waals surface area (Å²) in [4.78, 5) is 7.81. The molecule has 11 rings (SSSR count). The molecule has 0 fully saturated rings. The van der Waals surface area contributed by atoms with Gasteiger partial charge in [0.2, 0.25) is 5.69 Å². The lowest BCUT2D eigenvalue weighted by molar-refractivity contribution is 1.16. The van der Waals surface area contributed by atoms with Crippen molar-refractivity contribution in [3.8, 4) is 28.2 Å². The van der Waals surface area contributed by atoms with E-state index in [4.69, 9.17) is 13.1 Å². The van der Waals surface area contributed by atoms with E-state index in [9.17, 15) is 0 Å². The topological polar surface area (TPSA) is 23.5 Å². The number of fused-ring (bicyclic) bond motifs is 9. The van der Waals surface area contributed by atoms with Crippen molar-refractivity contribution in [3.63, 3.8) is 0 Å². The van der Waals surface area contributed by atoms with Gasteiger partial charge in [-0.2, -0.15) is 0 Å². The number of para-hydroxylation sites is 5. The lowest BCUT2D eigenvalue weighted by atomic mass is 10.0. The van der Waals surface area contributed by atoms with Gasteiger partial charge in [0.25, 0.3) is 0 Å². The highest BCUT2D eigenvalue weighted by Crippen LogP contribution is 2.43. The Morgan fingerprint density at radius 3 is 1.64 bits per heavy atom. The molecule has 0 aliphatic rings. The molecule has 5 heteroatoms. The zero-order valence-corrected chi connectivity index (χ0v) is 29.5. The van der Waals surface area contributed by atoms with E-state index in [1.807, 2.05) is 42.5 Å². The molecule has 0 spiro atoms. The van der Waals surface area contributed by atoms with E-state index >= 15 is 0 Å². The zero-order valence-electron chi connectivity index (χ0n) is 29.5. The average Bonchev–Trinajstić information content (AvgIpc) is 3.89. The van der Waals surface area contributed by atoms with Gasteiger partial charge < -0.3 is 13.7 Å². The summed E-state index contributed by atoms with van der Waals surface area (Å²) < 4.78 is 6.97. The Hall–Kier alpha value is -7.86. The van der Waals surface area contributed by atoms with Crippen LogP contribution in [0.5, 0.6) is 0 Å². The maximum Gasteiger partial charge on any atom is 0.211 e. The van der Waals surface area contributed by atoms with Gasteiger partial charge in [-0.1, -0.05) is 115 Å². The molecule has 5 nitrogen and oxygen atoms in total. The second-order valence-electron chi connectivity index (χ2n) is 13.9. The van der Waals surface area contributed by atoms with Crippen LogP contribution >= 0.6 is 0 Å². The standard InChI is InChI=1S/C50H29N5/c1-51-33-28-29-46(55-44-24-9-5-18-37(44)38-20-12-21-41(52-2)50(38)55)40(31-33)32-14-11-15-34(30-32)53-45-25-10-6-19-39(45)49-47(53)26-13-27-48(49)54-42-22-7-3-16-35(42)36-17-4-8-23-43(36)54/h3-31H. The van der Waals surface area contributed by atoms with Crippen LogP contribution in [0.15, 0.2) is 176 Å². The van der Waals surface area contributed by atoms with Gasteiger partial charge in [0.05, 0.1) is 57.6 Å². The first-order valence-electron chi connectivity index (χ1n) is 18.3. The second-order valence-corrected chi connectivity index (χ2v) is 13.9. The molecule has 0 N–H and O–H groups in total. The van der Waals surface area contributed by atoms with E-state index in [1.165, 1.54) is 32.6 Å². The van der Waals surface area contributed by atoms with Gasteiger partial charge in [0.1, 0.15) is 0 Å². The lowest BCUT2D eigenvalue weighted by Gasteiger charge is -2.17. The maximum absolute atomic E-state index is 8.09. The normalized spacial score (nSPS) is 11.6. The van der Waals surface area contributed by atoms with E-state index in [1.54, 1.807) is 0 Å². The molecule has 0 aliphatic heterocycles. The third kappa shape index (κ3) is 4.39. The Balaban J connectivity index is 1.18. The van der Waals surface area contributed by atoms with Crippen LogP contribution in [0, 0.1) is 13.1 Å². The lowest BCUT2D eigenvalue weighted by Crippen LogP contribution is -1.99. The molecule has 55 heavy (non-hydrogen) atoms. The van der Waals surface area contributed by atoms with Crippen molar-refractivity contribution < 1.29 is 0 Å². The fraction of sp³-hybridized carbons (Fsp3) is 0. The van der Waals surface area contributed by atoms with Gasteiger partial charge in [0.15, 0.2) is 5.69 Å². The van der Waals surface area contributed by atoms with Crippen LogP contribution in [0.25, 0.3) is 103 Å². The molecule has 3 heterocycles. The van der Waals surface area contributed by atoms with E-state index < -0.39 is 0 Å². The fourth-order valence-corrected chi connectivity index (χ4v) is 8.82. The molecule has 0 radical (unpaired) electrons. The van der Waals surface area contributed by atoms with Crippen LogP contribution < -0.4 is 0 Å². The summed E-state index contributed by atoms with van der Waals surface area (Å²) in [5.74, 6) is 0. The molecule has 0 saturated carbocycles. The number of benzene rings is 8. The molecule has 0 bridgehead atoms. The molecular weight excluding hydrogens is 671 g/mol. The Bertz CT molecular complexity index is 3420. The Morgan fingerprint density at radius 1 is 0.382 bits per heavy atom. The van der Waals surface area contributed by atoms with Gasteiger partial charge in [0, 0.05) is 32.6 Å². The molecule has 0 atom stereocenters. The summed E-state index contributed by atoms with van der Waals surface area (Å²) >= 11 is 0. The smallest absolute Gasteiger partial charge is 0.211 e. The predicted molar refractivity (Wildman–Crippen MR) is 227 cm³/mol.